The smallest absolute Gasteiger partial charge is 0.242 e. The molecule has 7 heteroatoms. The Morgan fingerprint density at radius 2 is 1.57 bits per heavy atom. The van der Waals surface area contributed by atoms with Crippen LogP contribution in [-0.2, 0) is 10.0 Å². The fraction of sp³-hybridized carbons (Fsp3) is 0.250. The van der Waals surface area contributed by atoms with E-state index >= 15 is 0 Å². The Hall–Kier alpha value is -2.12. The van der Waals surface area contributed by atoms with E-state index in [4.69, 9.17) is 9.47 Å². The fourth-order valence-corrected chi connectivity index (χ4v) is 3.03. The van der Waals surface area contributed by atoms with Crippen molar-refractivity contribution in [2.45, 2.75) is 4.90 Å². The zero-order chi connectivity index (χ0) is 16.9. The van der Waals surface area contributed by atoms with E-state index in [1.54, 1.807) is 12.1 Å². The van der Waals surface area contributed by atoms with Gasteiger partial charge in [0, 0.05) is 13.6 Å². The molecule has 0 aliphatic heterocycles. The lowest BCUT2D eigenvalue weighted by atomic mass is 10.3. The van der Waals surface area contributed by atoms with E-state index in [1.807, 2.05) is 0 Å². The highest BCUT2D eigenvalue weighted by molar-refractivity contribution is 7.89. The minimum Gasteiger partial charge on any atom is -0.497 e. The SMILES string of the molecule is COc1ccc(S(=O)(=O)N(C)CCOc2ccc(F)cc2)cc1. The van der Waals surface area contributed by atoms with Crippen molar-refractivity contribution < 1.29 is 22.3 Å². The summed E-state index contributed by atoms with van der Waals surface area (Å²) >= 11 is 0. The van der Waals surface area contributed by atoms with Crippen molar-refractivity contribution in [1.29, 1.82) is 0 Å². The minimum atomic E-state index is -3.59. The summed E-state index contributed by atoms with van der Waals surface area (Å²) in [6, 6.07) is 11.7. The summed E-state index contributed by atoms with van der Waals surface area (Å²) in [6.07, 6.45) is 0. The summed E-state index contributed by atoms with van der Waals surface area (Å²) in [5.41, 5.74) is 0. The van der Waals surface area contributed by atoms with Gasteiger partial charge in [0.1, 0.15) is 23.9 Å². The lowest BCUT2D eigenvalue weighted by Gasteiger charge is -2.17. The number of ether oxygens (including phenoxy) is 2. The van der Waals surface area contributed by atoms with Crippen LogP contribution in [-0.4, -0.2) is 40.0 Å². The third-order valence-electron chi connectivity index (χ3n) is 3.26. The molecule has 2 rings (SSSR count). The number of sulfonamides is 1. The maximum Gasteiger partial charge on any atom is 0.242 e. The Bertz CT molecular complexity index is 730. The summed E-state index contributed by atoms with van der Waals surface area (Å²) in [4.78, 5) is 0.183. The molecule has 0 aromatic heterocycles. The molecule has 0 saturated heterocycles. The number of likely N-dealkylation sites (N-methyl/N-ethyl adjacent to an activating group) is 1. The normalized spacial score (nSPS) is 11.5. The molecule has 5 nitrogen and oxygen atoms in total. The predicted octanol–water partition coefficient (Wildman–Crippen LogP) is 2.53. The molecule has 124 valence electrons. The van der Waals surface area contributed by atoms with E-state index in [0.717, 1.165) is 0 Å². The molecule has 0 unspecified atom stereocenters. The lowest BCUT2D eigenvalue weighted by Crippen LogP contribution is -2.31. The zero-order valence-corrected chi connectivity index (χ0v) is 13.7. The van der Waals surface area contributed by atoms with Gasteiger partial charge < -0.3 is 9.47 Å². The Balaban J connectivity index is 1.95. The van der Waals surface area contributed by atoms with Crippen LogP contribution in [0.3, 0.4) is 0 Å². The molecule has 0 spiro atoms. The second kappa shape index (κ2) is 7.43. The number of rotatable bonds is 7. The lowest BCUT2D eigenvalue weighted by molar-refractivity contribution is 0.286. The van der Waals surface area contributed by atoms with Gasteiger partial charge >= 0.3 is 0 Å². The van der Waals surface area contributed by atoms with E-state index in [0.29, 0.717) is 11.5 Å². The molecule has 0 heterocycles. The molecule has 0 atom stereocenters. The highest BCUT2D eigenvalue weighted by atomic mass is 32.2. The van der Waals surface area contributed by atoms with E-state index in [9.17, 15) is 12.8 Å². The van der Waals surface area contributed by atoms with Crippen LogP contribution in [0, 0.1) is 5.82 Å². The van der Waals surface area contributed by atoms with E-state index in [-0.39, 0.29) is 23.9 Å². The Kier molecular flexibility index (Phi) is 5.57. The van der Waals surface area contributed by atoms with Gasteiger partial charge in [-0.15, -0.1) is 0 Å². The van der Waals surface area contributed by atoms with Crippen LogP contribution in [0.5, 0.6) is 11.5 Å². The quantitative estimate of drug-likeness (QED) is 0.778. The number of halogens is 1. The molecule has 0 saturated carbocycles. The maximum atomic E-state index is 12.8. The molecule has 0 fully saturated rings. The number of hydrogen-bond acceptors (Lipinski definition) is 4. The Labute approximate surface area is 135 Å². The van der Waals surface area contributed by atoms with Crippen LogP contribution in [0.1, 0.15) is 0 Å². The average molecular weight is 339 g/mol. The number of methoxy groups -OCH3 is 1. The van der Waals surface area contributed by atoms with Gasteiger partial charge in [0.25, 0.3) is 0 Å². The Morgan fingerprint density at radius 1 is 1.00 bits per heavy atom. The summed E-state index contributed by atoms with van der Waals surface area (Å²) in [7, 11) is -0.591. The van der Waals surface area contributed by atoms with Crippen molar-refractivity contribution in [2.75, 3.05) is 27.3 Å². The monoisotopic (exact) mass is 339 g/mol. The maximum absolute atomic E-state index is 12.8. The largest absolute Gasteiger partial charge is 0.497 e. The summed E-state index contributed by atoms with van der Waals surface area (Å²) in [5.74, 6) is 0.726. The molecule has 0 radical (unpaired) electrons. The summed E-state index contributed by atoms with van der Waals surface area (Å²) < 4.78 is 49.2. The highest BCUT2D eigenvalue weighted by Gasteiger charge is 2.20. The minimum absolute atomic E-state index is 0.164. The van der Waals surface area contributed by atoms with Crippen LogP contribution in [0.4, 0.5) is 4.39 Å². The fourth-order valence-electron chi connectivity index (χ4n) is 1.87. The van der Waals surface area contributed by atoms with Gasteiger partial charge in [-0.25, -0.2) is 12.8 Å². The van der Waals surface area contributed by atoms with Crippen molar-refractivity contribution in [3.05, 3.63) is 54.3 Å². The van der Waals surface area contributed by atoms with Gasteiger partial charge in [0.05, 0.1) is 12.0 Å². The zero-order valence-electron chi connectivity index (χ0n) is 12.9. The number of nitrogens with zero attached hydrogens (tertiary/aromatic N) is 1. The van der Waals surface area contributed by atoms with E-state index < -0.39 is 10.0 Å². The van der Waals surface area contributed by atoms with Crippen LogP contribution < -0.4 is 9.47 Å². The molecule has 2 aromatic rings. The van der Waals surface area contributed by atoms with Gasteiger partial charge in [-0.1, -0.05) is 0 Å². The van der Waals surface area contributed by atoms with Gasteiger partial charge in [-0.2, -0.15) is 4.31 Å². The third kappa shape index (κ3) is 4.43. The van der Waals surface area contributed by atoms with Gasteiger partial charge in [-0.3, -0.25) is 0 Å². The summed E-state index contributed by atoms with van der Waals surface area (Å²) in [5, 5.41) is 0. The molecule has 23 heavy (non-hydrogen) atoms. The predicted molar refractivity (Wildman–Crippen MR) is 84.7 cm³/mol. The molecular weight excluding hydrogens is 321 g/mol. The van der Waals surface area contributed by atoms with Gasteiger partial charge in [0.15, 0.2) is 0 Å². The molecule has 0 bridgehead atoms. The first-order chi connectivity index (χ1) is 10.9. The molecule has 2 aromatic carbocycles. The molecular formula is C16H18FNO4S. The topological polar surface area (TPSA) is 55.8 Å². The first-order valence-corrected chi connectivity index (χ1v) is 8.36. The first kappa shape index (κ1) is 17.2. The molecule has 0 amide bonds. The van der Waals surface area contributed by atoms with Crippen LogP contribution >= 0.6 is 0 Å². The summed E-state index contributed by atoms with van der Waals surface area (Å²) in [6.45, 7) is 0.337. The standard InChI is InChI=1S/C16H18FNO4S/c1-18(11-12-22-15-5-3-13(17)4-6-15)23(19,20)16-9-7-14(21-2)8-10-16/h3-10H,11-12H2,1-2H3. The van der Waals surface area contributed by atoms with E-state index in [1.165, 1.54) is 54.9 Å². The second-order valence-electron chi connectivity index (χ2n) is 4.80. The van der Waals surface area contributed by atoms with Crippen molar-refractivity contribution in [3.63, 3.8) is 0 Å². The molecule has 0 aliphatic carbocycles. The van der Waals surface area contributed by atoms with Crippen LogP contribution in [0.15, 0.2) is 53.4 Å². The third-order valence-corrected chi connectivity index (χ3v) is 5.13. The number of hydrogen-bond donors (Lipinski definition) is 0. The van der Waals surface area contributed by atoms with Crippen LogP contribution in [0.25, 0.3) is 0 Å². The van der Waals surface area contributed by atoms with Crippen LogP contribution in [0.2, 0.25) is 0 Å². The van der Waals surface area contributed by atoms with Gasteiger partial charge in [0.2, 0.25) is 10.0 Å². The second-order valence-corrected chi connectivity index (χ2v) is 6.85. The average Bonchev–Trinajstić information content (AvgIpc) is 2.56. The van der Waals surface area contributed by atoms with Crippen molar-refractivity contribution >= 4 is 10.0 Å². The van der Waals surface area contributed by atoms with Gasteiger partial charge in [-0.05, 0) is 48.5 Å². The van der Waals surface area contributed by atoms with Crippen molar-refractivity contribution in [2.24, 2.45) is 0 Å². The van der Waals surface area contributed by atoms with Crippen molar-refractivity contribution in [3.8, 4) is 11.5 Å². The highest BCUT2D eigenvalue weighted by Crippen LogP contribution is 2.18. The number of benzene rings is 2. The van der Waals surface area contributed by atoms with Crippen molar-refractivity contribution in [1.82, 2.24) is 4.31 Å². The Morgan fingerprint density at radius 3 is 2.13 bits per heavy atom. The molecule has 0 aliphatic rings. The molecule has 0 N–H and O–H groups in total. The van der Waals surface area contributed by atoms with E-state index in [2.05, 4.69) is 0 Å². The first-order valence-electron chi connectivity index (χ1n) is 6.92.